The van der Waals surface area contributed by atoms with Gasteiger partial charge in [0, 0.05) is 0 Å². The Morgan fingerprint density at radius 3 is 2.31 bits per heavy atom. The van der Waals surface area contributed by atoms with Gasteiger partial charge in [0.25, 0.3) is 0 Å². The zero-order valence-corrected chi connectivity index (χ0v) is 9.84. The van der Waals surface area contributed by atoms with Crippen molar-refractivity contribution >= 4 is 0 Å². The molecule has 1 rings (SSSR count). The Labute approximate surface area is 84.1 Å². The first-order chi connectivity index (χ1) is 6.08. The van der Waals surface area contributed by atoms with Crippen LogP contribution in [0, 0.1) is 23.7 Å². The molecule has 78 valence electrons. The average molecular weight is 182 g/mol. The van der Waals surface area contributed by atoms with Gasteiger partial charge in [-0.3, -0.25) is 0 Å². The third-order valence-corrected chi connectivity index (χ3v) is 3.41. The molecule has 0 radical (unpaired) electrons. The van der Waals surface area contributed by atoms with E-state index in [0.717, 1.165) is 23.7 Å². The van der Waals surface area contributed by atoms with Crippen molar-refractivity contribution in [3.63, 3.8) is 0 Å². The van der Waals surface area contributed by atoms with E-state index in [-0.39, 0.29) is 0 Å². The van der Waals surface area contributed by atoms with Gasteiger partial charge in [-0.25, -0.2) is 0 Å². The fraction of sp³-hybridized carbons (Fsp3) is 1.00. The van der Waals surface area contributed by atoms with Crippen LogP contribution in [0.3, 0.4) is 0 Å². The summed E-state index contributed by atoms with van der Waals surface area (Å²) in [7, 11) is 0. The highest BCUT2D eigenvalue weighted by Gasteiger charge is 2.21. The van der Waals surface area contributed by atoms with Crippen LogP contribution in [-0.4, -0.2) is 0 Å². The van der Waals surface area contributed by atoms with Crippen molar-refractivity contribution in [2.24, 2.45) is 23.7 Å². The quantitative estimate of drug-likeness (QED) is 0.552. The first-order valence-corrected chi connectivity index (χ1v) is 6.08. The van der Waals surface area contributed by atoms with E-state index in [1.165, 1.54) is 32.1 Å². The molecular formula is C13H26. The highest BCUT2D eigenvalue weighted by Crippen LogP contribution is 2.33. The van der Waals surface area contributed by atoms with Crippen LogP contribution in [0.15, 0.2) is 0 Å². The fourth-order valence-corrected chi connectivity index (χ4v) is 2.99. The van der Waals surface area contributed by atoms with Gasteiger partial charge in [-0.2, -0.15) is 0 Å². The lowest BCUT2D eigenvalue weighted by molar-refractivity contribution is 0.334. The highest BCUT2D eigenvalue weighted by molar-refractivity contribution is 4.73. The summed E-state index contributed by atoms with van der Waals surface area (Å²) in [5, 5.41) is 0. The standard InChI is InChI=1S/C13H26/c1-10(2)7-13-6-5-11(3)8-12(4)9-13/h10-13H,5-9H2,1-4H3. The summed E-state index contributed by atoms with van der Waals surface area (Å²) < 4.78 is 0. The Morgan fingerprint density at radius 1 is 1.00 bits per heavy atom. The van der Waals surface area contributed by atoms with E-state index in [4.69, 9.17) is 0 Å². The highest BCUT2D eigenvalue weighted by atomic mass is 14.3. The van der Waals surface area contributed by atoms with E-state index in [2.05, 4.69) is 27.7 Å². The van der Waals surface area contributed by atoms with Crippen molar-refractivity contribution in [3.8, 4) is 0 Å². The summed E-state index contributed by atoms with van der Waals surface area (Å²) in [6.45, 7) is 9.58. The van der Waals surface area contributed by atoms with Gasteiger partial charge in [0.15, 0.2) is 0 Å². The molecule has 13 heavy (non-hydrogen) atoms. The molecule has 0 aromatic carbocycles. The zero-order chi connectivity index (χ0) is 9.84. The summed E-state index contributed by atoms with van der Waals surface area (Å²) in [5.74, 6) is 3.87. The molecule has 0 aromatic heterocycles. The van der Waals surface area contributed by atoms with Crippen LogP contribution >= 0.6 is 0 Å². The molecule has 0 bridgehead atoms. The largest absolute Gasteiger partial charge is 0.0628 e. The van der Waals surface area contributed by atoms with E-state index in [0.29, 0.717) is 0 Å². The first kappa shape index (κ1) is 11.1. The van der Waals surface area contributed by atoms with Crippen molar-refractivity contribution in [2.45, 2.75) is 59.8 Å². The number of hydrogen-bond acceptors (Lipinski definition) is 0. The Balaban J connectivity index is 2.38. The molecule has 1 saturated carbocycles. The predicted molar refractivity (Wildman–Crippen MR) is 59.7 cm³/mol. The molecule has 0 spiro atoms. The Hall–Kier alpha value is 0. The van der Waals surface area contributed by atoms with Gasteiger partial charge in [0.1, 0.15) is 0 Å². The Bertz CT molecular complexity index is 137. The summed E-state index contributed by atoms with van der Waals surface area (Å²) in [6, 6.07) is 0. The summed E-state index contributed by atoms with van der Waals surface area (Å²) in [4.78, 5) is 0. The molecule has 0 saturated heterocycles. The molecule has 0 N–H and O–H groups in total. The molecule has 0 aromatic rings. The molecule has 0 nitrogen and oxygen atoms in total. The van der Waals surface area contributed by atoms with Gasteiger partial charge in [-0.15, -0.1) is 0 Å². The van der Waals surface area contributed by atoms with E-state index < -0.39 is 0 Å². The molecule has 3 unspecified atom stereocenters. The van der Waals surface area contributed by atoms with E-state index in [1.54, 1.807) is 0 Å². The van der Waals surface area contributed by atoms with Gasteiger partial charge in [0.2, 0.25) is 0 Å². The van der Waals surface area contributed by atoms with Gasteiger partial charge in [-0.05, 0) is 42.9 Å². The van der Waals surface area contributed by atoms with E-state index >= 15 is 0 Å². The number of rotatable bonds is 2. The fourth-order valence-electron chi connectivity index (χ4n) is 2.99. The third-order valence-electron chi connectivity index (χ3n) is 3.41. The maximum Gasteiger partial charge on any atom is -0.0409 e. The average Bonchev–Trinajstić information content (AvgIpc) is 2.11. The van der Waals surface area contributed by atoms with Gasteiger partial charge < -0.3 is 0 Å². The minimum Gasteiger partial charge on any atom is -0.0628 e. The van der Waals surface area contributed by atoms with E-state index in [1.807, 2.05) is 0 Å². The van der Waals surface area contributed by atoms with Crippen LogP contribution in [0.2, 0.25) is 0 Å². The van der Waals surface area contributed by atoms with Crippen LogP contribution < -0.4 is 0 Å². The second-order valence-corrected chi connectivity index (χ2v) is 5.75. The molecular weight excluding hydrogens is 156 g/mol. The second-order valence-electron chi connectivity index (χ2n) is 5.75. The van der Waals surface area contributed by atoms with Gasteiger partial charge in [0.05, 0.1) is 0 Å². The number of hydrogen-bond donors (Lipinski definition) is 0. The van der Waals surface area contributed by atoms with Crippen LogP contribution in [0.25, 0.3) is 0 Å². The molecule has 0 amide bonds. The van der Waals surface area contributed by atoms with Crippen LogP contribution in [0.5, 0.6) is 0 Å². The minimum atomic E-state index is 0.894. The lowest BCUT2D eigenvalue weighted by Gasteiger charge is -2.18. The second kappa shape index (κ2) is 5.02. The first-order valence-electron chi connectivity index (χ1n) is 6.08. The lowest BCUT2D eigenvalue weighted by atomic mass is 9.88. The summed E-state index contributed by atoms with van der Waals surface area (Å²) in [5.41, 5.74) is 0. The van der Waals surface area contributed by atoms with Crippen molar-refractivity contribution in [3.05, 3.63) is 0 Å². The van der Waals surface area contributed by atoms with Crippen molar-refractivity contribution in [2.75, 3.05) is 0 Å². The summed E-state index contributed by atoms with van der Waals surface area (Å²) in [6.07, 6.45) is 7.37. The Kier molecular flexibility index (Phi) is 4.28. The normalized spacial score (nSPS) is 36.2. The van der Waals surface area contributed by atoms with E-state index in [9.17, 15) is 0 Å². The topological polar surface area (TPSA) is 0 Å². The maximum absolute atomic E-state index is 2.44. The Morgan fingerprint density at radius 2 is 1.69 bits per heavy atom. The van der Waals surface area contributed by atoms with Crippen molar-refractivity contribution < 1.29 is 0 Å². The maximum atomic E-state index is 2.44. The van der Waals surface area contributed by atoms with Crippen LogP contribution in [0.4, 0.5) is 0 Å². The minimum absolute atomic E-state index is 0.894. The van der Waals surface area contributed by atoms with Crippen molar-refractivity contribution in [1.82, 2.24) is 0 Å². The molecule has 0 heterocycles. The smallest absolute Gasteiger partial charge is 0.0409 e. The monoisotopic (exact) mass is 182 g/mol. The molecule has 1 aliphatic carbocycles. The van der Waals surface area contributed by atoms with Gasteiger partial charge >= 0.3 is 0 Å². The SMILES string of the molecule is CC(C)CC1CCC(C)CC(C)C1. The van der Waals surface area contributed by atoms with Crippen LogP contribution in [0.1, 0.15) is 59.8 Å². The predicted octanol–water partition coefficient (Wildman–Crippen LogP) is 4.49. The zero-order valence-electron chi connectivity index (χ0n) is 9.84. The molecule has 0 aliphatic heterocycles. The molecule has 3 atom stereocenters. The molecule has 1 fully saturated rings. The lowest BCUT2D eigenvalue weighted by Crippen LogP contribution is -2.06. The summed E-state index contributed by atoms with van der Waals surface area (Å²) >= 11 is 0. The van der Waals surface area contributed by atoms with Crippen LogP contribution in [-0.2, 0) is 0 Å². The third kappa shape index (κ3) is 4.15. The van der Waals surface area contributed by atoms with Gasteiger partial charge in [-0.1, -0.05) is 40.5 Å². The molecule has 1 aliphatic rings. The molecule has 0 heteroatoms. The van der Waals surface area contributed by atoms with Crippen molar-refractivity contribution in [1.29, 1.82) is 0 Å².